The highest BCUT2D eigenvalue weighted by molar-refractivity contribution is 9.10. The fraction of sp³-hybridized carbons (Fsp3) is 0.278. The van der Waals surface area contributed by atoms with Crippen molar-refractivity contribution in [3.8, 4) is 5.75 Å². The molecule has 25 heavy (non-hydrogen) atoms. The third-order valence-electron chi connectivity index (χ3n) is 4.03. The molecule has 1 atom stereocenters. The lowest BCUT2D eigenvalue weighted by Crippen LogP contribution is -2.34. The highest BCUT2D eigenvalue weighted by Crippen LogP contribution is 2.43. The molecule has 0 aliphatic carbocycles. The van der Waals surface area contributed by atoms with E-state index < -0.39 is 0 Å². The van der Waals surface area contributed by atoms with Gasteiger partial charge in [0, 0.05) is 33.0 Å². The maximum atomic E-state index is 12.8. The first kappa shape index (κ1) is 18.4. The van der Waals surface area contributed by atoms with Crippen molar-refractivity contribution in [1.82, 2.24) is 4.90 Å². The summed E-state index contributed by atoms with van der Waals surface area (Å²) in [6.45, 7) is 2.61. The number of methoxy groups -OCH3 is 1. The van der Waals surface area contributed by atoms with E-state index in [0.29, 0.717) is 17.3 Å². The van der Waals surface area contributed by atoms with Gasteiger partial charge < -0.3 is 15.0 Å². The molecule has 132 valence electrons. The van der Waals surface area contributed by atoms with Crippen molar-refractivity contribution in [1.29, 1.82) is 0 Å². The molecule has 2 aromatic carbocycles. The Morgan fingerprint density at radius 3 is 2.88 bits per heavy atom. The zero-order valence-corrected chi connectivity index (χ0v) is 17.0. The van der Waals surface area contributed by atoms with Crippen LogP contribution in [0.25, 0.3) is 0 Å². The first-order chi connectivity index (χ1) is 12.0. The summed E-state index contributed by atoms with van der Waals surface area (Å²) in [7, 11) is 1.64. The predicted molar refractivity (Wildman–Crippen MR) is 108 cm³/mol. The summed E-state index contributed by atoms with van der Waals surface area (Å²) in [5.41, 5.74) is 2.65. The number of carbonyl (C=O) groups is 1. The van der Waals surface area contributed by atoms with Gasteiger partial charge in [-0.2, -0.15) is 0 Å². The molecule has 0 spiro atoms. The molecule has 7 heteroatoms. The zero-order chi connectivity index (χ0) is 18.0. The van der Waals surface area contributed by atoms with E-state index in [2.05, 4.69) is 21.2 Å². The van der Waals surface area contributed by atoms with Crippen LogP contribution in [-0.4, -0.2) is 30.3 Å². The summed E-state index contributed by atoms with van der Waals surface area (Å²) in [5, 5.41) is 3.49. The van der Waals surface area contributed by atoms with Gasteiger partial charge in [-0.1, -0.05) is 33.6 Å². The molecule has 4 nitrogen and oxygen atoms in total. The monoisotopic (exact) mass is 440 g/mol. The largest absolute Gasteiger partial charge is 0.496 e. The minimum absolute atomic E-state index is 0.0895. The molecule has 0 aromatic heterocycles. The topological polar surface area (TPSA) is 41.6 Å². The van der Waals surface area contributed by atoms with Crippen LogP contribution in [0.1, 0.15) is 16.5 Å². The molecule has 3 rings (SSSR count). The molecule has 0 saturated carbocycles. The molecule has 1 aliphatic heterocycles. The van der Waals surface area contributed by atoms with Crippen molar-refractivity contribution in [3.63, 3.8) is 0 Å². The van der Waals surface area contributed by atoms with E-state index in [1.165, 1.54) is 0 Å². The number of aryl methyl sites for hydroxylation is 1. The SMILES string of the molecule is COc1ccc(Br)cc1C1SCCN1C(=O)Nc1ccc(C)c(Cl)c1. The van der Waals surface area contributed by atoms with Crippen LogP contribution in [0.2, 0.25) is 5.02 Å². The van der Waals surface area contributed by atoms with Crippen LogP contribution in [-0.2, 0) is 0 Å². The Bertz CT molecular complexity index is 803. The van der Waals surface area contributed by atoms with Crippen molar-refractivity contribution in [3.05, 3.63) is 57.0 Å². The van der Waals surface area contributed by atoms with Crippen LogP contribution in [0.3, 0.4) is 0 Å². The third kappa shape index (κ3) is 4.07. The summed E-state index contributed by atoms with van der Waals surface area (Å²) >= 11 is 11.4. The number of halogens is 2. The predicted octanol–water partition coefficient (Wildman–Crippen LogP) is 5.70. The fourth-order valence-electron chi connectivity index (χ4n) is 2.70. The van der Waals surface area contributed by atoms with Crippen LogP contribution in [0.15, 0.2) is 40.9 Å². The van der Waals surface area contributed by atoms with Gasteiger partial charge in [-0.25, -0.2) is 4.79 Å². The van der Waals surface area contributed by atoms with E-state index in [-0.39, 0.29) is 11.4 Å². The van der Waals surface area contributed by atoms with Crippen LogP contribution < -0.4 is 10.1 Å². The Hall–Kier alpha value is -1.37. The van der Waals surface area contributed by atoms with Gasteiger partial charge in [0.15, 0.2) is 0 Å². The lowest BCUT2D eigenvalue weighted by atomic mass is 10.2. The van der Waals surface area contributed by atoms with E-state index in [1.54, 1.807) is 24.9 Å². The first-order valence-corrected chi connectivity index (χ1v) is 10.0. The summed E-state index contributed by atoms with van der Waals surface area (Å²) in [5.74, 6) is 1.65. The van der Waals surface area contributed by atoms with Crippen molar-refractivity contribution in [2.75, 3.05) is 24.7 Å². The number of amides is 2. The van der Waals surface area contributed by atoms with Crippen LogP contribution in [0.4, 0.5) is 10.5 Å². The van der Waals surface area contributed by atoms with Crippen LogP contribution >= 0.6 is 39.3 Å². The molecule has 1 saturated heterocycles. The molecular weight excluding hydrogens is 424 g/mol. The Balaban J connectivity index is 1.82. The van der Waals surface area contributed by atoms with Crippen LogP contribution in [0.5, 0.6) is 5.75 Å². The van der Waals surface area contributed by atoms with Crippen molar-refractivity contribution >= 4 is 51.0 Å². The molecule has 1 N–H and O–H groups in total. The fourth-order valence-corrected chi connectivity index (χ4v) is 4.53. The summed E-state index contributed by atoms with van der Waals surface area (Å²) in [6.07, 6.45) is 0. The number of rotatable bonds is 3. The van der Waals surface area contributed by atoms with Gasteiger partial charge in [0.05, 0.1) is 7.11 Å². The minimum Gasteiger partial charge on any atom is -0.496 e. The number of hydrogen-bond donors (Lipinski definition) is 1. The Morgan fingerprint density at radius 2 is 2.16 bits per heavy atom. The van der Waals surface area contributed by atoms with E-state index in [4.69, 9.17) is 16.3 Å². The van der Waals surface area contributed by atoms with Crippen molar-refractivity contribution in [2.24, 2.45) is 0 Å². The number of carbonyl (C=O) groups excluding carboxylic acids is 1. The quantitative estimate of drug-likeness (QED) is 0.664. The Morgan fingerprint density at radius 1 is 1.36 bits per heavy atom. The normalized spacial score (nSPS) is 16.8. The molecule has 1 heterocycles. The van der Waals surface area contributed by atoms with Gasteiger partial charge >= 0.3 is 6.03 Å². The number of hydrogen-bond acceptors (Lipinski definition) is 3. The van der Waals surface area contributed by atoms with Gasteiger partial charge in [-0.15, -0.1) is 11.8 Å². The highest BCUT2D eigenvalue weighted by Gasteiger charge is 2.32. The summed E-state index contributed by atoms with van der Waals surface area (Å²) in [6, 6.07) is 11.2. The molecule has 0 radical (unpaired) electrons. The van der Waals surface area contributed by atoms with E-state index in [9.17, 15) is 4.79 Å². The second-order valence-corrected chi connectivity index (χ2v) is 8.21. The first-order valence-electron chi connectivity index (χ1n) is 7.78. The smallest absolute Gasteiger partial charge is 0.323 e. The number of ether oxygens (including phenoxy) is 1. The molecular formula is C18H18BrClN2O2S. The zero-order valence-electron chi connectivity index (χ0n) is 13.9. The maximum absolute atomic E-state index is 12.8. The third-order valence-corrected chi connectivity index (χ3v) is 6.18. The minimum atomic E-state index is -0.142. The van der Waals surface area contributed by atoms with Crippen LogP contribution in [0, 0.1) is 6.92 Å². The average Bonchev–Trinajstić information content (AvgIpc) is 3.08. The van der Waals surface area contributed by atoms with Gasteiger partial charge in [0.1, 0.15) is 11.1 Å². The lowest BCUT2D eigenvalue weighted by molar-refractivity contribution is 0.213. The number of benzene rings is 2. The van der Waals surface area contributed by atoms with E-state index in [0.717, 1.165) is 27.1 Å². The molecule has 1 fully saturated rings. The second kappa shape index (κ2) is 7.89. The van der Waals surface area contributed by atoms with Gasteiger partial charge in [-0.3, -0.25) is 0 Å². The number of nitrogens with one attached hydrogen (secondary N) is 1. The number of thioether (sulfide) groups is 1. The summed E-state index contributed by atoms with van der Waals surface area (Å²) in [4.78, 5) is 14.6. The molecule has 1 aliphatic rings. The van der Waals surface area contributed by atoms with E-state index >= 15 is 0 Å². The van der Waals surface area contributed by atoms with Gasteiger partial charge in [0.25, 0.3) is 0 Å². The molecule has 2 aromatic rings. The average molecular weight is 442 g/mol. The molecule has 2 amide bonds. The molecule has 0 bridgehead atoms. The maximum Gasteiger partial charge on any atom is 0.323 e. The van der Waals surface area contributed by atoms with Crippen molar-refractivity contribution in [2.45, 2.75) is 12.3 Å². The van der Waals surface area contributed by atoms with Gasteiger partial charge in [-0.05, 0) is 42.8 Å². The standard InChI is InChI=1S/C18H18BrClN2O2S/c1-11-3-5-13(10-15(11)20)21-18(23)22-7-8-25-17(22)14-9-12(19)4-6-16(14)24-2/h3-6,9-10,17H,7-8H2,1-2H3,(H,21,23). The Kier molecular flexibility index (Phi) is 5.81. The Labute approximate surface area is 165 Å². The number of urea groups is 1. The van der Waals surface area contributed by atoms with E-state index in [1.807, 2.05) is 42.2 Å². The lowest BCUT2D eigenvalue weighted by Gasteiger charge is -2.26. The van der Waals surface area contributed by atoms with Crippen molar-refractivity contribution < 1.29 is 9.53 Å². The number of nitrogens with zero attached hydrogens (tertiary/aromatic N) is 1. The number of anilines is 1. The second-order valence-electron chi connectivity index (χ2n) is 5.70. The molecule has 1 unspecified atom stereocenters. The van der Waals surface area contributed by atoms with Gasteiger partial charge in [0.2, 0.25) is 0 Å². The summed E-state index contributed by atoms with van der Waals surface area (Å²) < 4.78 is 6.44. The highest BCUT2D eigenvalue weighted by atomic mass is 79.9.